The molecule has 0 aliphatic rings. The summed E-state index contributed by atoms with van der Waals surface area (Å²) in [6.07, 6.45) is -0.296. The van der Waals surface area contributed by atoms with Gasteiger partial charge in [0, 0.05) is 24.8 Å². The first-order chi connectivity index (χ1) is 13.2. The Kier molecular flexibility index (Phi) is 7.04. The maximum absolute atomic E-state index is 12.8. The normalized spacial score (nSPS) is 12.0. The molecule has 0 aliphatic carbocycles. The molecule has 2 rings (SSSR count). The average Bonchev–Trinajstić information content (AvgIpc) is 2.62. The molecule has 6 heteroatoms. The van der Waals surface area contributed by atoms with Gasteiger partial charge in [0.15, 0.2) is 0 Å². The summed E-state index contributed by atoms with van der Waals surface area (Å²) in [5, 5.41) is 8.56. The van der Waals surface area contributed by atoms with Crippen molar-refractivity contribution in [2.75, 3.05) is 17.7 Å². The molecule has 6 nitrogen and oxygen atoms in total. The zero-order valence-corrected chi connectivity index (χ0v) is 16.8. The summed E-state index contributed by atoms with van der Waals surface area (Å²) in [7, 11) is 1.84. The van der Waals surface area contributed by atoms with Gasteiger partial charge in [-0.05, 0) is 63.1 Å². The van der Waals surface area contributed by atoms with Gasteiger partial charge in [0.2, 0.25) is 5.91 Å². The van der Waals surface area contributed by atoms with Crippen molar-refractivity contribution in [1.29, 1.82) is 0 Å². The summed E-state index contributed by atoms with van der Waals surface area (Å²) < 4.78 is 5.31. The number of ether oxygens (including phenoxy) is 1. The van der Waals surface area contributed by atoms with E-state index in [0.29, 0.717) is 12.1 Å². The fraction of sp³-hybridized carbons (Fsp3) is 0.318. The minimum absolute atomic E-state index is 0.319. The number of anilines is 2. The molecular formula is C22H28N3O3. The molecule has 2 amide bonds. The number of alkyl carbamates (subject to hydrolysis) is 1. The SMILES string of the molecule is [CH2]c1ccc(NC(=O)[C@H](Cc2ccc(NC)cc2)NC(=O)OC(C)(C)C)cc1. The third-order valence-electron chi connectivity index (χ3n) is 3.91. The van der Waals surface area contributed by atoms with Crippen LogP contribution in [0.3, 0.4) is 0 Å². The fourth-order valence-electron chi connectivity index (χ4n) is 2.52. The number of nitrogens with one attached hydrogen (secondary N) is 3. The minimum atomic E-state index is -0.783. The molecular weight excluding hydrogens is 354 g/mol. The van der Waals surface area contributed by atoms with Gasteiger partial charge in [-0.2, -0.15) is 0 Å². The molecule has 0 fully saturated rings. The Morgan fingerprint density at radius 2 is 1.57 bits per heavy atom. The summed E-state index contributed by atoms with van der Waals surface area (Å²) >= 11 is 0. The molecule has 0 unspecified atom stereocenters. The van der Waals surface area contributed by atoms with Crippen LogP contribution in [0.1, 0.15) is 31.9 Å². The lowest BCUT2D eigenvalue weighted by atomic mass is 10.0. The summed E-state index contributed by atoms with van der Waals surface area (Å²) in [6.45, 7) is 9.16. The van der Waals surface area contributed by atoms with E-state index in [4.69, 9.17) is 4.74 Å². The van der Waals surface area contributed by atoms with E-state index in [2.05, 4.69) is 22.9 Å². The Hall–Kier alpha value is -3.02. The standard InChI is InChI=1S/C22H28N3O3/c1-15-6-10-18(11-7-15)24-20(26)19(25-21(27)28-22(2,3)4)14-16-8-12-17(23-5)13-9-16/h6-13,19,23H,1,14H2,2-5H3,(H,24,26)(H,25,27)/t19-/m0/s1. The molecule has 3 N–H and O–H groups in total. The molecule has 1 radical (unpaired) electrons. The fourth-order valence-corrected chi connectivity index (χ4v) is 2.52. The molecule has 0 bridgehead atoms. The monoisotopic (exact) mass is 382 g/mol. The van der Waals surface area contributed by atoms with Crippen LogP contribution in [-0.2, 0) is 16.0 Å². The third kappa shape index (κ3) is 6.95. The van der Waals surface area contributed by atoms with Gasteiger partial charge in [-0.1, -0.05) is 24.3 Å². The van der Waals surface area contributed by atoms with Crippen LogP contribution in [0.5, 0.6) is 0 Å². The predicted molar refractivity (Wildman–Crippen MR) is 112 cm³/mol. The number of hydrogen-bond acceptors (Lipinski definition) is 4. The van der Waals surface area contributed by atoms with E-state index in [1.165, 1.54) is 0 Å². The van der Waals surface area contributed by atoms with E-state index < -0.39 is 17.7 Å². The Balaban J connectivity index is 2.14. The first kappa shape index (κ1) is 21.3. The van der Waals surface area contributed by atoms with Gasteiger partial charge in [0.05, 0.1) is 0 Å². The molecule has 0 saturated carbocycles. The molecule has 2 aromatic rings. The maximum Gasteiger partial charge on any atom is 0.408 e. The van der Waals surface area contributed by atoms with Gasteiger partial charge in [0.25, 0.3) is 0 Å². The summed E-state index contributed by atoms with van der Waals surface area (Å²) in [4.78, 5) is 25.0. The smallest absolute Gasteiger partial charge is 0.408 e. The van der Waals surface area contributed by atoms with Crippen LogP contribution in [-0.4, -0.2) is 30.7 Å². The van der Waals surface area contributed by atoms with Crippen LogP contribution in [0.4, 0.5) is 16.2 Å². The highest BCUT2D eigenvalue weighted by Crippen LogP contribution is 2.14. The second kappa shape index (κ2) is 9.26. The first-order valence-corrected chi connectivity index (χ1v) is 9.15. The number of rotatable bonds is 6. The van der Waals surface area contributed by atoms with Gasteiger partial charge in [-0.25, -0.2) is 4.79 Å². The van der Waals surface area contributed by atoms with Crippen LogP contribution in [0, 0.1) is 6.92 Å². The summed E-state index contributed by atoms with van der Waals surface area (Å²) in [5.41, 5.74) is 2.73. The molecule has 28 heavy (non-hydrogen) atoms. The third-order valence-corrected chi connectivity index (χ3v) is 3.91. The summed E-state index contributed by atoms with van der Waals surface area (Å²) in [5.74, 6) is -0.319. The lowest BCUT2D eigenvalue weighted by Gasteiger charge is -2.23. The molecule has 0 heterocycles. The molecule has 0 aliphatic heterocycles. The molecule has 0 saturated heterocycles. The predicted octanol–water partition coefficient (Wildman–Crippen LogP) is 3.98. The van der Waals surface area contributed by atoms with E-state index in [9.17, 15) is 9.59 Å². The number of amides is 2. The van der Waals surface area contributed by atoms with Crippen molar-refractivity contribution >= 4 is 23.4 Å². The average molecular weight is 382 g/mol. The van der Waals surface area contributed by atoms with Crippen LogP contribution in [0.25, 0.3) is 0 Å². The summed E-state index contributed by atoms with van der Waals surface area (Å²) in [6, 6.07) is 14.1. The Morgan fingerprint density at radius 3 is 2.11 bits per heavy atom. The van der Waals surface area contributed by atoms with Gasteiger partial charge >= 0.3 is 6.09 Å². The Bertz CT molecular complexity index is 793. The lowest BCUT2D eigenvalue weighted by molar-refractivity contribution is -0.118. The van der Waals surface area contributed by atoms with E-state index >= 15 is 0 Å². The van der Waals surface area contributed by atoms with Gasteiger partial charge in [-0.3, -0.25) is 4.79 Å². The van der Waals surface area contributed by atoms with Crippen LogP contribution in [0.15, 0.2) is 48.5 Å². The van der Waals surface area contributed by atoms with Crippen LogP contribution in [0.2, 0.25) is 0 Å². The second-order valence-corrected chi connectivity index (χ2v) is 7.54. The number of hydrogen-bond donors (Lipinski definition) is 3. The Morgan fingerprint density at radius 1 is 1.00 bits per heavy atom. The van der Waals surface area contributed by atoms with Gasteiger partial charge < -0.3 is 20.7 Å². The van der Waals surface area contributed by atoms with Crippen molar-refractivity contribution in [3.63, 3.8) is 0 Å². The number of carbonyl (C=O) groups excluding carboxylic acids is 2. The molecule has 1 atom stereocenters. The largest absolute Gasteiger partial charge is 0.444 e. The Labute approximate surface area is 166 Å². The van der Waals surface area contributed by atoms with Crippen molar-refractivity contribution < 1.29 is 14.3 Å². The zero-order valence-electron chi connectivity index (χ0n) is 16.8. The second-order valence-electron chi connectivity index (χ2n) is 7.54. The first-order valence-electron chi connectivity index (χ1n) is 9.15. The van der Waals surface area contributed by atoms with E-state index in [1.54, 1.807) is 32.9 Å². The van der Waals surface area contributed by atoms with Crippen LogP contribution >= 0.6 is 0 Å². The lowest BCUT2D eigenvalue weighted by Crippen LogP contribution is -2.47. The topological polar surface area (TPSA) is 79.5 Å². The molecule has 0 spiro atoms. The van der Waals surface area contributed by atoms with Crippen molar-refractivity contribution in [3.8, 4) is 0 Å². The van der Waals surface area contributed by atoms with E-state index in [1.807, 2.05) is 43.4 Å². The highest BCUT2D eigenvalue weighted by Gasteiger charge is 2.25. The van der Waals surface area contributed by atoms with Crippen molar-refractivity contribution in [2.45, 2.75) is 38.8 Å². The molecule has 2 aromatic carbocycles. The van der Waals surface area contributed by atoms with Crippen LogP contribution < -0.4 is 16.0 Å². The number of benzene rings is 2. The van der Waals surface area contributed by atoms with E-state index in [-0.39, 0.29) is 5.91 Å². The van der Waals surface area contributed by atoms with Crippen molar-refractivity contribution in [3.05, 3.63) is 66.6 Å². The molecule has 149 valence electrons. The van der Waals surface area contributed by atoms with Crippen molar-refractivity contribution in [2.24, 2.45) is 0 Å². The van der Waals surface area contributed by atoms with E-state index in [0.717, 1.165) is 16.8 Å². The van der Waals surface area contributed by atoms with Gasteiger partial charge in [-0.15, -0.1) is 0 Å². The highest BCUT2D eigenvalue weighted by molar-refractivity contribution is 5.96. The highest BCUT2D eigenvalue weighted by atomic mass is 16.6. The number of carbonyl (C=O) groups is 2. The maximum atomic E-state index is 12.8. The quantitative estimate of drug-likeness (QED) is 0.706. The zero-order chi connectivity index (χ0) is 20.7. The molecule has 0 aromatic heterocycles. The van der Waals surface area contributed by atoms with Gasteiger partial charge in [0.1, 0.15) is 11.6 Å². The minimum Gasteiger partial charge on any atom is -0.444 e. The van der Waals surface area contributed by atoms with Crippen molar-refractivity contribution in [1.82, 2.24) is 5.32 Å².